The molecule has 0 aliphatic carbocycles. The van der Waals surface area contributed by atoms with Gasteiger partial charge in [0.2, 0.25) is 0 Å². The van der Waals surface area contributed by atoms with Crippen LogP contribution in [0.1, 0.15) is 6.42 Å². The number of carboxylic acid groups (broad SMARTS) is 1. The standard InChI is InChI=1S/C6H10NO2.Rb/c1-7-4-2-3-5(7)6(8)9;/h3,5H,2,4H2,1H3,(H,8,9);/q-1;+1. The van der Waals surface area contributed by atoms with Crippen LogP contribution in [0.2, 0.25) is 0 Å². The predicted octanol–water partition coefficient (Wildman–Crippen LogP) is -3.02. The Morgan fingerprint density at radius 3 is 2.60 bits per heavy atom. The molecule has 0 aromatic rings. The van der Waals surface area contributed by atoms with Gasteiger partial charge in [0.25, 0.3) is 5.97 Å². The number of nitrogens with zero attached hydrogens (tertiary/aromatic N) is 1. The van der Waals surface area contributed by atoms with E-state index in [1.165, 1.54) is 0 Å². The third-order valence-corrected chi connectivity index (χ3v) is 1.60. The largest absolute Gasteiger partial charge is 1.00 e. The van der Waals surface area contributed by atoms with Gasteiger partial charge in [-0.15, -0.1) is 0 Å². The topological polar surface area (TPSA) is 40.5 Å². The van der Waals surface area contributed by atoms with Crippen molar-refractivity contribution in [2.24, 2.45) is 0 Å². The summed E-state index contributed by atoms with van der Waals surface area (Å²) in [6.07, 6.45) is 2.72. The molecule has 0 aromatic heterocycles. The number of rotatable bonds is 1. The van der Waals surface area contributed by atoms with Crippen molar-refractivity contribution in [3.8, 4) is 0 Å². The van der Waals surface area contributed by atoms with Crippen molar-refractivity contribution >= 4 is 5.97 Å². The van der Waals surface area contributed by atoms with Gasteiger partial charge in [0, 0.05) is 0 Å². The first-order valence-electron chi connectivity index (χ1n) is 2.98. The quantitative estimate of drug-likeness (QED) is 0.472. The van der Waals surface area contributed by atoms with Gasteiger partial charge in [-0.3, -0.25) is 11.2 Å². The van der Waals surface area contributed by atoms with Crippen molar-refractivity contribution in [3.63, 3.8) is 0 Å². The molecule has 52 valence electrons. The maximum Gasteiger partial charge on any atom is 1.00 e. The molecule has 1 aliphatic heterocycles. The number of likely N-dealkylation sites (N-methyl/N-ethyl adjacent to an activating group) is 1. The molecule has 10 heavy (non-hydrogen) atoms. The summed E-state index contributed by atoms with van der Waals surface area (Å²) in [5.41, 5.74) is 0. The molecule has 1 rings (SSSR count). The van der Waals surface area contributed by atoms with Gasteiger partial charge in [-0.2, -0.15) is 6.42 Å². The molecule has 1 atom stereocenters. The number of carbonyl (C=O) groups is 1. The first-order valence-corrected chi connectivity index (χ1v) is 2.98. The van der Waals surface area contributed by atoms with Crippen molar-refractivity contribution in [3.05, 3.63) is 6.42 Å². The summed E-state index contributed by atoms with van der Waals surface area (Å²) >= 11 is 0. The Labute approximate surface area is 110 Å². The van der Waals surface area contributed by atoms with E-state index < -0.39 is 5.97 Å². The minimum absolute atomic E-state index is 0. The Balaban J connectivity index is 0.000000810. The number of hydrogen-bond donors (Lipinski definition) is 1. The van der Waals surface area contributed by atoms with E-state index in [2.05, 4.69) is 0 Å². The van der Waals surface area contributed by atoms with Crippen molar-refractivity contribution in [1.82, 2.24) is 4.90 Å². The van der Waals surface area contributed by atoms with Crippen molar-refractivity contribution in [2.75, 3.05) is 13.6 Å². The van der Waals surface area contributed by atoms with Gasteiger partial charge in [0.15, 0.2) is 0 Å². The number of aliphatic carboxylic acids is 1. The van der Waals surface area contributed by atoms with Crippen LogP contribution in [0, 0.1) is 6.42 Å². The van der Waals surface area contributed by atoms with Gasteiger partial charge in [-0.25, -0.2) is 0 Å². The van der Waals surface area contributed by atoms with Crippen LogP contribution >= 0.6 is 0 Å². The molecule has 1 aliphatic rings. The maximum absolute atomic E-state index is 10.3. The third kappa shape index (κ3) is 2.70. The van der Waals surface area contributed by atoms with E-state index >= 15 is 0 Å². The Kier molecular flexibility index (Phi) is 5.60. The van der Waals surface area contributed by atoms with Gasteiger partial charge in [0.05, 0.1) is 0 Å². The summed E-state index contributed by atoms with van der Waals surface area (Å²) in [6, 6.07) is -0.343. The molecule has 4 heteroatoms. The molecule has 0 radical (unpaired) electrons. The molecule has 1 heterocycles. The van der Waals surface area contributed by atoms with Crippen LogP contribution in [-0.2, 0) is 4.79 Å². The molecule has 0 aromatic carbocycles. The Morgan fingerprint density at radius 2 is 2.40 bits per heavy atom. The summed E-state index contributed by atoms with van der Waals surface area (Å²) < 4.78 is 0. The fraction of sp³-hybridized carbons (Fsp3) is 0.667. The second kappa shape index (κ2) is 4.98. The monoisotopic (exact) mass is 213 g/mol. The molecule has 3 nitrogen and oxygen atoms in total. The molecular formula is C6H10NO2Rb. The van der Waals surface area contributed by atoms with Gasteiger partial charge < -0.3 is 10.0 Å². The number of hydrogen-bond acceptors (Lipinski definition) is 2. The van der Waals surface area contributed by atoms with Gasteiger partial charge in [-0.1, -0.05) is 0 Å². The van der Waals surface area contributed by atoms with Gasteiger partial charge >= 0.3 is 58.2 Å². The van der Waals surface area contributed by atoms with E-state index in [9.17, 15) is 4.79 Å². The minimum Gasteiger partial charge on any atom is -0.482 e. The van der Waals surface area contributed by atoms with E-state index in [4.69, 9.17) is 5.11 Å². The fourth-order valence-corrected chi connectivity index (χ4v) is 1.04. The fourth-order valence-electron chi connectivity index (χ4n) is 1.04. The SMILES string of the molecule is CN1CC[CH-]C1C(=O)O.[Rb+]. The van der Waals surface area contributed by atoms with E-state index in [-0.39, 0.29) is 64.2 Å². The van der Waals surface area contributed by atoms with Crippen molar-refractivity contribution in [1.29, 1.82) is 0 Å². The molecule has 1 fully saturated rings. The number of likely N-dealkylation sites (tertiary alicyclic amines) is 1. The first-order chi connectivity index (χ1) is 4.22. The van der Waals surface area contributed by atoms with E-state index in [0.29, 0.717) is 0 Å². The average molecular weight is 214 g/mol. The Morgan fingerprint density at radius 1 is 1.80 bits per heavy atom. The zero-order valence-electron chi connectivity index (χ0n) is 6.37. The van der Waals surface area contributed by atoms with Crippen LogP contribution < -0.4 is 58.2 Å². The third-order valence-electron chi connectivity index (χ3n) is 1.60. The molecular weight excluding hydrogens is 204 g/mol. The van der Waals surface area contributed by atoms with Crippen LogP contribution in [-0.4, -0.2) is 35.6 Å². The first kappa shape index (κ1) is 11.2. The summed E-state index contributed by atoms with van der Waals surface area (Å²) in [6.45, 7) is 0.872. The zero-order valence-corrected chi connectivity index (χ0v) is 11.3. The molecule has 1 N–H and O–H groups in total. The van der Waals surface area contributed by atoms with Crippen molar-refractivity contribution < 1.29 is 68.1 Å². The van der Waals surface area contributed by atoms with E-state index in [1.54, 1.807) is 0 Å². The van der Waals surface area contributed by atoms with Gasteiger partial charge in [-0.05, 0) is 19.6 Å². The van der Waals surface area contributed by atoms with Gasteiger partial charge in [0.1, 0.15) is 0 Å². The normalized spacial score (nSPS) is 25.9. The summed E-state index contributed by atoms with van der Waals surface area (Å²) in [4.78, 5) is 12.2. The second-order valence-electron chi connectivity index (χ2n) is 2.29. The van der Waals surface area contributed by atoms with Crippen molar-refractivity contribution in [2.45, 2.75) is 12.5 Å². The molecule has 0 spiro atoms. The Hall–Kier alpha value is 1.24. The molecule has 0 bridgehead atoms. The van der Waals surface area contributed by atoms with Crippen LogP contribution in [0.15, 0.2) is 0 Å². The minimum atomic E-state index is -0.741. The second-order valence-corrected chi connectivity index (χ2v) is 2.29. The van der Waals surface area contributed by atoms with Crippen LogP contribution in [0.4, 0.5) is 0 Å². The number of carboxylic acids is 1. The van der Waals surface area contributed by atoms with Crippen LogP contribution in [0.25, 0.3) is 0 Å². The zero-order chi connectivity index (χ0) is 6.85. The van der Waals surface area contributed by atoms with Crippen LogP contribution in [0.3, 0.4) is 0 Å². The van der Waals surface area contributed by atoms with Crippen LogP contribution in [0.5, 0.6) is 0 Å². The molecule has 1 unspecified atom stereocenters. The Bertz CT molecular complexity index is 129. The molecule has 0 saturated carbocycles. The molecule has 0 amide bonds. The van der Waals surface area contributed by atoms with E-state index in [0.717, 1.165) is 13.0 Å². The molecule has 1 saturated heterocycles. The summed E-state index contributed by atoms with van der Waals surface area (Å²) in [5, 5.41) is 8.51. The summed E-state index contributed by atoms with van der Waals surface area (Å²) in [5.74, 6) is -0.741. The predicted molar refractivity (Wildman–Crippen MR) is 33.0 cm³/mol. The average Bonchev–Trinajstić information content (AvgIpc) is 2.13. The smallest absolute Gasteiger partial charge is 0.482 e. The summed E-state index contributed by atoms with van der Waals surface area (Å²) in [7, 11) is 1.82. The van der Waals surface area contributed by atoms with E-state index in [1.807, 2.05) is 18.4 Å². The maximum atomic E-state index is 10.3.